The lowest BCUT2D eigenvalue weighted by molar-refractivity contribution is -0.136. The van der Waals surface area contributed by atoms with E-state index < -0.39 is 5.97 Å². The number of hydrogen-bond donors (Lipinski definition) is 1. The molecule has 1 aromatic rings. The number of hydrogen-bond acceptors (Lipinski definition) is 4. The van der Waals surface area contributed by atoms with Crippen LogP contribution in [-0.2, 0) is 11.2 Å². The Kier molecular flexibility index (Phi) is 3.79. The summed E-state index contributed by atoms with van der Waals surface area (Å²) in [7, 11) is 0. The second kappa shape index (κ2) is 5.09. The summed E-state index contributed by atoms with van der Waals surface area (Å²) in [6, 6.07) is 0. The van der Waals surface area contributed by atoms with E-state index in [9.17, 15) is 4.79 Å². The number of carboxylic acid groups (broad SMARTS) is 1. The van der Waals surface area contributed by atoms with Gasteiger partial charge >= 0.3 is 5.97 Å². The van der Waals surface area contributed by atoms with Crippen molar-refractivity contribution in [3.8, 4) is 0 Å². The monoisotopic (exact) mass is 221 g/mol. The van der Waals surface area contributed by atoms with Crippen molar-refractivity contribution in [2.24, 2.45) is 5.11 Å². The molecule has 1 heterocycles. The van der Waals surface area contributed by atoms with E-state index in [0.29, 0.717) is 17.8 Å². The molecular weight excluding hydrogens is 210 g/mol. The number of aromatic nitrogens is 2. The van der Waals surface area contributed by atoms with E-state index in [-0.39, 0.29) is 12.4 Å². The van der Waals surface area contributed by atoms with Gasteiger partial charge in [0, 0.05) is 22.7 Å². The maximum Gasteiger partial charge on any atom is 0.303 e. The van der Waals surface area contributed by atoms with Crippen LogP contribution in [0.2, 0.25) is 0 Å². The molecule has 1 aromatic heterocycles. The first-order chi connectivity index (χ1) is 7.54. The van der Waals surface area contributed by atoms with Crippen LogP contribution in [0.4, 0.5) is 5.95 Å². The second-order valence-corrected chi connectivity index (χ2v) is 3.26. The van der Waals surface area contributed by atoms with Crippen LogP contribution >= 0.6 is 0 Å². The summed E-state index contributed by atoms with van der Waals surface area (Å²) < 4.78 is 0. The van der Waals surface area contributed by atoms with E-state index >= 15 is 0 Å². The lowest BCUT2D eigenvalue weighted by Crippen LogP contribution is -2.04. The van der Waals surface area contributed by atoms with Crippen molar-refractivity contribution in [2.75, 3.05) is 0 Å². The first-order valence-electron chi connectivity index (χ1n) is 4.65. The Morgan fingerprint density at radius 1 is 1.44 bits per heavy atom. The highest BCUT2D eigenvalue weighted by molar-refractivity contribution is 5.67. The third kappa shape index (κ3) is 2.93. The highest BCUT2D eigenvalue weighted by atomic mass is 16.4. The Balaban J connectivity index is 3.02. The fourth-order valence-electron chi connectivity index (χ4n) is 1.40. The first kappa shape index (κ1) is 11.9. The highest BCUT2D eigenvalue weighted by Crippen LogP contribution is 2.16. The van der Waals surface area contributed by atoms with Crippen molar-refractivity contribution in [3.05, 3.63) is 27.4 Å². The minimum atomic E-state index is -0.863. The molecule has 0 unspecified atom stereocenters. The third-order valence-corrected chi connectivity index (χ3v) is 2.13. The molecule has 0 fully saturated rings. The zero-order valence-corrected chi connectivity index (χ0v) is 9.01. The summed E-state index contributed by atoms with van der Waals surface area (Å²) >= 11 is 0. The average Bonchev–Trinajstić information content (AvgIpc) is 2.16. The summed E-state index contributed by atoms with van der Waals surface area (Å²) in [6.45, 7) is 3.48. The van der Waals surface area contributed by atoms with Gasteiger partial charge in [-0.25, -0.2) is 9.97 Å². The van der Waals surface area contributed by atoms with Gasteiger partial charge in [-0.3, -0.25) is 4.79 Å². The van der Waals surface area contributed by atoms with Gasteiger partial charge in [-0.2, -0.15) is 0 Å². The molecule has 0 saturated carbocycles. The predicted molar refractivity (Wildman–Crippen MR) is 56.3 cm³/mol. The van der Waals surface area contributed by atoms with E-state index in [1.165, 1.54) is 0 Å². The Bertz CT molecular complexity index is 442. The van der Waals surface area contributed by atoms with Gasteiger partial charge in [0.2, 0.25) is 5.95 Å². The Morgan fingerprint density at radius 3 is 2.44 bits per heavy atom. The van der Waals surface area contributed by atoms with Crippen LogP contribution in [0.1, 0.15) is 23.4 Å². The smallest absolute Gasteiger partial charge is 0.303 e. The van der Waals surface area contributed by atoms with Crippen molar-refractivity contribution >= 4 is 11.9 Å². The van der Waals surface area contributed by atoms with Crippen LogP contribution in [0.3, 0.4) is 0 Å². The minimum Gasteiger partial charge on any atom is -0.481 e. The van der Waals surface area contributed by atoms with Gasteiger partial charge in [0.05, 0.1) is 0 Å². The number of carboxylic acids is 1. The summed E-state index contributed by atoms with van der Waals surface area (Å²) in [5.41, 5.74) is 10.3. The molecule has 16 heavy (non-hydrogen) atoms. The number of carbonyl (C=O) groups is 1. The summed E-state index contributed by atoms with van der Waals surface area (Å²) in [4.78, 5) is 21.0. The maximum absolute atomic E-state index is 10.5. The largest absolute Gasteiger partial charge is 0.481 e. The molecule has 84 valence electrons. The maximum atomic E-state index is 10.5. The van der Waals surface area contributed by atoms with E-state index in [0.717, 1.165) is 5.56 Å². The number of rotatable bonds is 4. The van der Waals surface area contributed by atoms with E-state index in [4.69, 9.17) is 10.6 Å². The van der Waals surface area contributed by atoms with Crippen LogP contribution in [-0.4, -0.2) is 21.0 Å². The molecule has 0 atom stereocenters. The van der Waals surface area contributed by atoms with Crippen molar-refractivity contribution in [3.63, 3.8) is 0 Å². The standard InChI is InChI=1S/C9H11N5O2/c1-5-7(3-4-8(15)16)6(2)12-9(11-5)13-14-10/h3-4H2,1-2H3,(H,15,16). The highest BCUT2D eigenvalue weighted by Gasteiger charge is 2.09. The Morgan fingerprint density at radius 2 is 2.00 bits per heavy atom. The topological polar surface area (TPSA) is 112 Å². The van der Waals surface area contributed by atoms with Gasteiger partial charge in [-0.05, 0) is 36.5 Å². The van der Waals surface area contributed by atoms with E-state index in [1.807, 2.05) is 0 Å². The first-order valence-corrected chi connectivity index (χ1v) is 4.65. The van der Waals surface area contributed by atoms with Crippen molar-refractivity contribution in [2.45, 2.75) is 26.7 Å². The number of aryl methyl sites for hydroxylation is 2. The lowest BCUT2D eigenvalue weighted by Gasteiger charge is -2.07. The van der Waals surface area contributed by atoms with Crippen LogP contribution in [0, 0.1) is 13.8 Å². The lowest BCUT2D eigenvalue weighted by atomic mass is 10.1. The van der Waals surface area contributed by atoms with Gasteiger partial charge in [-0.15, -0.1) is 0 Å². The molecule has 0 aromatic carbocycles. The fraction of sp³-hybridized carbons (Fsp3) is 0.444. The molecule has 0 spiro atoms. The molecule has 0 aliphatic heterocycles. The minimum absolute atomic E-state index is 0.0336. The SMILES string of the molecule is Cc1nc(N=[N+]=[N-])nc(C)c1CCC(=O)O. The van der Waals surface area contributed by atoms with Crippen LogP contribution in [0.25, 0.3) is 10.4 Å². The second-order valence-electron chi connectivity index (χ2n) is 3.26. The van der Waals surface area contributed by atoms with Gasteiger partial charge in [-0.1, -0.05) is 0 Å². The van der Waals surface area contributed by atoms with E-state index in [2.05, 4.69) is 20.0 Å². The van der Waals surface area contributed by atoms with Crippen molar-refractivity contribution < 1.29 is 9.90 Å². The zero-order chi connectivity index (χ0) is 12.1. The predicted octanol–water partition coefficient (Wildman–Crippen LogP) is 2.05. The molecule has 1 rings (SSSR count). The Labute approximate surface area is 91.8 Å². The fourth-order valence-corrected chi connectivity index (χ4v) is 1.40. The van der Waals surface area contributed by atoms with Gasteiger partial charge in [0.1, 0.15) is 0 Å². The van der Waals surface area contributed by atoms with E-state index in [1.54, 1.807) is 13.8 Å². The van der Waals surface area contributed by atoms with Crippen LogP contribution < -0.4 is 0 Å². The van der Waals surface area contributed by atoms with Crippen molar-refractivity contribution in [1.82, 2.24) is 9.97 Å². The molecule has 1 N–H and O–H groups in total. The van der Waals surface area contributed by atoms with Crippen LogP contribution in [0.15, 0.2) is 5.11 Å². The normalized spacial score (nSPS) is 9.62. The third-order valence-electron chi connectivity index (χ3n) is 2.13. The summed E-state index contributed by atoms with van der Waals surface area (Å²) in [5.74, 6) is -0.797. The molecule has 0 bridgehead atoms. The van der Waals surface area contributed by atoms with Gasteiger partial charge in [0.15, 0.2) is 0 Å². The Hall–Kier alpha value is -2.14. The van der Waals surface area contributed by atoms with Gasteiger partial charge < -0.3 is 5.11 Å². The molecule has 0 amide bonds. The summed E-state index contributed by atoms with van der Waals surface area (Å²) in [5, 5.41) is 11.9. The van der Waals surface area contributed by atoms with Crippen molar-refractivity contribution in [1.29, 1.82) is 0 Å². The number of nitrogens with zero attached hydrogens (tertiary/aromatic N) is 5. The zero-order valence-electron chi connectivity index (χ0n) is 9.01. The molecule has 7 heteroatoms. The number of azide groups is 1. The number of aliphatic carboxylic acids is 1. The van der Waals surface area contributed by atoms with Crippen LogP contribution in [0.5, 0.6) is 0 Å². The quantitative estimate of drug-likeness (QED) is 0.476. The molecule has 7 nitrogen and oxygen atoms in total. The van der Waals surface area contributed by atoms with Gasteiger partial charge in [0.25, 0.3) is 0 Å². The molecular formula is C9H11N5O2. The molecule has 0 saturated heterocycles. The molecule has 0 aliphatic rings. The summed E-state index contributed by atoms with van der Waals surface area (Å²) in [6.07, 6.45) is 0.412. The molecule has 0 aliphatic carbocycles. The average molecular weight is 221 g/mol. The molecule has 0 radical (unpaired) electrons.